The largest absolute Gasteiger partial charge is 0.497 e. The summed E-state index contributed by atoms with van der Waals surface area (Å²) in [6, 6.07) is 12.1. The van der Waals surface area contributed by atoms with Crippen molar-refractivity contribution in [1.82, 2.24) is 5.32 Å². The van der Waals surface area contributed by atoms with Gasteiger partial charge < -0.3 is 19.5 Å². The minimum atomic E-state index is -0.368. The van der Waals surface area contributed by atoms with Gasteiger partial charge in [-0.25, -0.2) is 0 Å². The number of nitrogens with one attached hydrogen (secondary N) is 2. The third-order valence-electron chi connectivity index (χ3n) is 3.17. The molecule has 126 valence electrons. The number of amides is 1. The average Bonchev–Trinajstić information content (AvgIpc) is 2.61. The summed E-state index contributed by atoms with van der Waals surface area (Å²) in [5.74, 6) is 1.36. The molecule has 0 bridgehead atoms. The van der Waals surface area contributed by atoms with Crippen LogP contribution in [0.3, 0.4) is 0 Å². The maximum Gasteiger partial charge on any atom is 0.257 e. The summed E-state index contributed by atoms with van der Waals surface area (Å²) in [6.45, 7) is 0. The van der Waals surface area contributed by atoms with E-state index in [-0.39, 0.29) is 11.0 Å². The van der Waals surface area contributed by atoms with Crippen molar-refractivity contribution >= 4 is 28.9 Å². The SMILES string of the molecule is COc1cccc(NC(=S)NC(=O)c2cc(OC)cc(OC)c2)c1. The van der Waals surface area contributed by atoms with Crippen molar-refractivity contribution in [2.45, 2.75) is 0 Å². The Morgan fingerprint density at radius 3 is 2.12 bits per heavy atom. The van der Waals surface area contributed by atoms with Gasteiger partial charge >= 0.3 is 0 Å². The van der Waals surface area contributed by atoms with Gasteiger partial charge in [0, 0.05) is 23.4 Å². The lowest BCUT2D eigenvalue weighted by molar-refractivity contribution is 0.0977. The van der Waals surface area contributed by atoms with E-state index in [0.717, 1.165) is 0 Å². The van der Waals surface area contributed by atoms with E-state index in [1.54, 1.807) is 31.4 Å². The zero-order chi connectivity index (χ0) is 17.5. The summed E-state index contributed by atoms with van der Waals surface area (Å²) in [4.78, 5) is 12.3. The fourth-order valence-electron chi connectivity index (χ4n) is 1.98. The zero-order valence-electron chi connectivity index (χ0n) is 13.6. The molecule has 7 heteroatoms. The van der Waals surface area contributed by atoms with Crippen LogP contribution in [-0.2, 0) is 0 Å². The third kappa shape index (κ3) is 4.60. The van der Waals surface area contributed by atoms with Crippen molar-refractivity contribution in [3.63, 3.8) is 0 Å². The number of hydrogen-bond donors (Lipinski definition) is 2. The second-order valence-corrected chi connectivity index (χ2v) is 5.15. The Hall–Kier alpha value is -2.80. The van der Waals surface area contributed by atoms with Gasteiger partial charge in [-0.15, -0.1) is 0 Å². The van der Waals surface area contributed by atoms with Gasteiger partial charge in [-0.05, 0) is 36.5 Å². The Labute approximate surface area is 145 Å². The van der Waals surface area contributed by atoms with E-state index in [9.17, 15) is 4.79 Å². The van der Waals surface area contributed by atoms with Crippen molar-refractivity contribution in [3.05, 3.63) is 48.0 Å². The van der Waals surface area contributed by atoms with Gasteiger partial charge in [0.05, 0.1) is 21.3 Å². The highest BCUT2D eigenvalue weighted by molar-refractivity contribution is 7.80. The van der Waals surface area contributed by atoms with Crippen molar-refractivity contribution in [2.24, 2.45) is 0 Å². The van der Waals surface area contributed by atoms with Gasteiger partial charge in [0.1, 0.15) is 17.2 Å². The molecule has 0 aliphatic rings. The van der Waals surface area contributed by atoms with Gasteiger partial charge in [-0.1, -0.05) is 6.07 Å². The van der Waals surface area contributed by atoms with Crippen LogP contribution in [0.1, 0.15) is 10.4 Å². The van der Waals surface area contributed by atoms with Gasteiger partial charge in [-0.2, -0.15) is 0 Å². The van der Waals surface area contributed by atoms with E-state index in [0.29, 0.717) is 28.5 Å². The summed E-state index contributed by atoms with van der Waals surface area (Å²) in [6.07, 6.45) is 0. The first-order valence-corrected chi connectivity index (χ1v) is 7.46. The molecule has 0 aliphatic carbocycles. The quantitative estimate of drug-likeness (QED) is 0.812. The second kappa shape index (κ2) is 8.16. The lowest BCUT2D eigenvalue weighted by atomic mass is 10.2. The highest BCUT2D eigenvalue weighted by atomic mass is 32.1. The maximum absolute atomic E-state index is 12.3. The van der Waals surface area contributed by atoms with Crippen LogP contribution in [0.15, 0.2) is 42.5 Å². The van der Waals surface area contributed by atoms with Crippen molar-refractivity contribution < 1.29 is 19.0 Å². The van der Waals surface area contributed by atoms with E-state index in [4.69, 9.17) is 26.4 Å². The number of methoxy groups -OCH3 is 3. The third-order valence-corrected chi connectivity index (χ3v) is 3.37. The first-order valence-electron chi connectivity index (χ1n) is 7.05. The van der Waals surface area contributed by atoms with Crippen LogP contribution in [0.4, 0.5) is 5.69 Å². The molecule has 2 N–H and O–H groups in total. The Balaban J connectivity index is 2.07. The first-order chi connectivity index (χ1) is 11.5. The van der Waals surface area contributed by atoms with E-state index >= 15 is 0 Å². The monoisotopic (exact) mass is 346 g/mol. The van der Waals surface area contributed by atoms with Crippen LogP contribution in [0.25, 0.3) is 0 Å². The predicted molar refractivity (Wildman–Crippen MR) is 96.2 cm³/mol. The minimum Gasteiger partial charge on any atom is -0.497 e. The molecule has 2 aromatic carbocycles. The maximum atomic E-state index is 12.3. The first kappa shape index (κ1) is 17.6. The predicted octanol–water partition coefficient (Wildman–Crippen LogP) is 2.84. The van der Waals surface area contributed by atoms with Crippen molar-refractivity contribution in [2.75, 3.05) is 26.6 Å². The van der Waals surface area contributed by atoms with Gasteiger partial charge in [0.2, 0.25) is 0 Å². The molecule has 0 heterocycles. The molecule has 0 atom stereocenters. The van der Waals surface area contributed by atoms with E-state index in [1.807, 2.05) is 18.2 Å². The van der Waals surface area contributed by atoms with Crippen LogP contribution in [0.2, 0.25) is 0 Å². The van der Waals surface area contributed by atoms with E-state index in [1.165, 1.54) is 14.2 Å². The molecule has 0 radical (unpaired) electrons. The minimum absolute atomic E-state index is 0.176. The van der Waals surface area contributed by atoms with Crippen LogP contribution in [0, 0.1) is 0 Å². The van der Waals surface area contributed by atoms with E-state index in [2.05, 4.69) is 10.6 Å². The summed E-state index contributed by atoms with van der Waals surface area (Å²) in [5, 5.41) is 5.72. The molecule has 24 heavy (non-hydrogen) atoms. The van der Waals surface area contributed by atoms with Gasteiger partial charge in [0.25, 0.3) is 5.91 Å². The number of benzene rings is 2. The van der Waals surface area contributed by atoms with Crippen molar-refractivity contribution in [1.29, 1.82) is 0 Å². The Bertz CT molecular complexity index is 727. The Morgan fingerprint density at radius 1 is 0.917 bits per heavy atom. The smallest absolute Gasteiger partial charge is 0.257 e. The number of carbonyl (C=O) groups excluding carboxylic acids is 1. The van der Waals surface area contributed by atoms with Crippen molar-refractivity contribution in [3.8, 4) is 17.2 Å². The lowest BCUT2D eigenvalue weighted by Gasteiger charge is -2.12. The number of hydrogen-bond acceptors (Lipinski definition) is 5. The molecule has 2 aromatic rings. The average molecular weight is 346 g/mol. The summed E-state index contributed by atoms with van der Waals surface area (Å²) in [7, 11) is 4.62. The summed E-state index contributed by atoms with van der Waals surface area (Å²) in [5.41, 5.74) is 1.09. The molecular formula is C17H18N2O4S. The second-order valence-electron chi connectivity index (χ2n) is 4.74. The fraction of sp³-hybridized carbons (Fsp3) is 0.176. The topological polar surface area (TPSA) is 68.8 Å². The molecule has 6 nitrogen and oxygen atoms in total. The molecule has 2 rings (SSSR count). The Kier molecular flexibility index (Phi) is 5.97. The molecule has 1 amide bonds. The van der Waals surface area contributed by atoms with Gasteiger partial charge in [0.15, 0.2) is 5.11 Å². The van der Waals surface area contributed by atoms with Crippen LogP contribution < -0.4 is 24.8 Å². The number of carbonyl (C=O) groups is 1. The van der Waals surface area contributed by atoms with Crippen LogP contribution in [-0.4, -0.2) is 32.3 Å². The van der Waals surface area contributed by atoms with Crippen LogP contribution >= 0.6 is 12.2 Å². The normalized spacial score (nSPS) is 9.79. The molecular weight excluding hydrogens is 328 g/mol. The van der Waals surface area contributed by atoms with Crippen LogP contribution in [0.5, 0.6) is 17.2 Å². The number of anilines is 1. The highest BCUT2D eigenvalue weighted by Crippen LogP contribution is 2.22. The van der Waals surface area contributed by atoms with Gasteiger partial charge in [-0.3, -0.25) is 10.1 Å². The molecule has 0 unspecified atom stereocenters. The molecule has 0 aliphatic heterocycles. The zero-order valence-corrected chi connectivity index (χ0v) is 14.4. The Morgan fingerprint density at radius 2 is 1.54 bits per heavy atom. The molecule has 0 fully saturated rings. The number of ether oxygens (including phenoxy) is 3. The standard InChI is InChI=1S/C17H18N2O4S/c1-21-13-6-4-5-12(9-13)18-17(24)19-16(20)11-7-14(22-2)10-15(8-11)23-3/h4-10H,1-3H3,(H2,18,19,20,24). The lowest BCUT2D eigenvalue weighted by Crippen LogP contribution is -2.34. The summed E-state index contributed by atoms with van der Waals surface area (Å²) < 4.78 is 15.4. The molecule has 0 saturated carbocycles. The number of rotatable bonds is 5. The molecule has 0 saturated heterocycles. The van der Waals surface area contributed by atoms with E-state index < -0.39 is 0 Å². The summed E-state index contributed by atoms with van der Waals surface area (Å²) >= 11 is 5.17. The molecule has 0 aromatic heterocycles. The fourth-order valence-corrected chi connectivity index (χ4v) is 2.19. The molecule has 0 spiro atoms. The highest BCUT2D eigenvalue weighted by Gasteiger charge is 2.11. The number of thiocarbonyl (C=S) groups is 1.